The van der Waals surface area contributed by atoms with Gasteiger partial charge in [0.25, 0.3) is 0 Å². The first-order valence-corrected chi connectivity index (χ1v) is 7.69. The molecule has 0 aliphatic rings. The number of halogens is 3. The van der Waals surface area contributed by atoms with Gasteiger partial charge in [-0.15, -0.1) is 0 Å². The predicted molar refractivity (Wildman–Crippen MR) is 85.0 cm³/mol. The van der Waals surface area contributed by atoms with Gasteiger partial charge in [0.1, 0.15) is 12.2 Å². The molecule has 4 nitrogen and oxygen atoms in total. The van der Waals surface area contributed by atoms with Crippen LogP contribution in [0.2, 0.25) is 0 Å². The number of alkyl halides is 3. The van der Waals surface area contributed by atoms with Gasteiger partial charge in [-0.3, -0.25) is 4.98 Å². The van der Waals surface area contributed by atoms with Crippen molar-refractivity contribution in [3.05, 3.63) is 48.2 Å². The maximum atomic E-state index is 12.9. The normalized spacial score (nSPS) is 12.2. The Morgan fingerprint density at radius 3 is 2.58 bits per heavy atom. The summed E-state index contributed by atoms with van der Waals surface area (Å²) >= 11 is 0. The molecule has 0 atom stereocenters. The SMILES string of the molecule is CC(C)Cc1nc(CC(F)(F)F)n(-c2cccc3cccnc23)n1. The first kappa shape index (κ1) is 16.4. The lowest BCUT2D eigenvalue weighted by atomic mass is 10.1. The van der Waals surface area contributed by atoms with E-state index in [0.717, 1.165) is 5.39 Å². The van der Waals surface area contributed by atoms with Crippen LogP contribution in [0, 0.1) is 5.92 Å². The Labute approximate surface area is 137 Å². The van der Waals surface area contributed by atoms with Crippen molar-refractivity contribution in [2.75, 3.05) is 0 Å². The topological polar surface area (TPSA) is 43.6 Å². The van der Waals surface area contributed by atoms with Gasteiger partial charge in [-0.2, -0.15) is 18.3 Å². The van der Waals surface area contributed by atoms with Crippen molar-refractivity contribution in [3.8, 4) is 5.69 Å². The summed E-state index contributed by atoms with van der Waals surface area (Å²) in [5.41, 5.74) is 1.11. The summed E-state index contributed by atoms with van der Waals surface area (Å²) in [5, 5.41) is 5.16. The number of para-hydroxylation sites is 1. The van der Waals surface area contributed by atoms with Crippen LogP contribution in [0.3, 0.4) is 0 Å². The molecule has 3 rings (SSSR count). The number of nitrogens with zero attached hydrogens (tertiary/aromatic N) is 4. The zero-order chi connectivity index (χ0) is 17.3. The highest BCUT2D eigenvalue weighted by Crippen LogP contribution is 2.25. The van der Waals surface area contributed by atoms with Crippen molar-refractivity contribution < 1.29 is 13.2 Å². The molecule has 7 heteroatoms. The molecule has 0 amide bonds. The van der Waals surface area contributed by atoms with Crippen LogP contribution >= 0.6 is 0 Å². The van der Waals surface area contributed by atoms with Crippen molar-refractivity contribution in [1.82, 2.24) is 19.7 Å². The third-order valence-corrected chi connectivity index (χ3v) is 3.51. The first-order chi connectivity index (χ1) is 11.3. The first-order valence-electron chi connectivity index (χ1n) is 7.69. The monoisotopic (exact) mass is 334 g/mol. The van der Waals surface area contributed by atoms with Gasteiger partial charge in [0.05, 0.1) is 11.2 Å². The fourth-order valence-electron chi connectivity index (χ4n) is 2.59. The largest absolute Gasteiger partial charge is 0.396 e. The van der Waals surface area contributed by atoms with E-state index in [4.69, 9.17) is 0 Å². The maximum Gasteiger partial charge on any atom is 0.396 e. The fourth-order valence-corrected chi connectivity index (χ4v) is 2.59. The third kappa shape index (κ3) is 3.55. The summed E-state index contributed by atoms with van der Waals surface area (Å²) in [6.45, 7) is 3.95. The highest BCUT2D eigenvalue weighted by molar-refractivity contribution is 5.86. The number of hydrogen-bond acceptors (Lipinski definition) is 3. The van der Waals surface area contributed by atoms with E-state index in [9.17, 15) is 13.2 Å². The van der Waals surface area contributed by atoms with E-state index < -0.39 is 12.6 Å². The average molecular weight is 334 g/mol. The minimum absolute atomic E-state index is 0.115. The van der Waals surface area contributed by atoms with Crippen LogP contribution in [0.5, 0.6) is 0 Å². The molecule has 1 aromatic carbocycles. The Balaban J connectivity index is 2.15. The van der Waals surface area contributed by atoms with E-state index in [2.05, 4.69) is 15.1 Å². The van der Waals surface area contributed by atoms with Crippen molar-refractivity contribution in [1.29, 1.82) is 0 Å². The molecule has 0 bridgehead atoms. The van der Waals surface area contributed by atoms with Crippen LogP contribution in [0.25, 0.3) is 16.6 Å². The standard InChI is InChI=1S/C17H17F3N4/c1-11(2)9-14-22-15(10-17(18,19)20)24(23-14)13-7-3-5-12-6-4-8-21-16(12)13/h3-8,11H,9-10H2,1-2H3. The Kier molecular flexibility index (Phi) is 4.26. The molecular formula is C17H17F3N4. The number of pyridine rings is 1. The predicted octanol–water partition coefficient (Wildman–Crippen LogP) is 4.12. The van der Waals surface area contributed by atoms with Crippen molar-refractivity contribution in [2.24, 2.45) is 5.92 Å². The molecule has 0 radical (unpaired) electrons. The van der Waals surface area contributed by atoms with Crippen molar-refractivity contribution in [2.45, 2.75) is 32.9 Å². The summed E-state index contributed by atoms with van der Waals surface area (Å²) in [6.07, 6.45) is -3.34. The van der Waals surface area contributed by atoms with Gasteiger partial charge < -0.3 is 0 Å². The molecule has 0 spiro atoms. The molecule has 2 heterocycles. The Morgan fingerprint density at radius 2 is 1.88 bits per heavy atom. The van der Waals surface area contributed by atoms with Gasteiger partial charge >= 0.3 is 6.18 Å². The second kappa shape index (κ2) is 6.22. The molecule has 0 saturated heterocycles. The molecule has 3 aromatic rings. The molecule has 24 heavy (non-hydrogen) atoms. The zero-order valence-electron chi connectivity index (χ0n) is 13.4. The van der Waals surface area contributed by atoms with Gasteiger partial charge in [0, 0.05) is 18.0 Å². The summed E-state index contributed by atoms with van der Waals surface area (Å²) in [6, 6.07) is 9.00. The minimum atomic E-state index is -4.35. The van der Waals surface area contributed by atoms with Crippen LogP contribution in [0.1, 0.15) is 25.5 Å². The third-order valence-electron chi connectivity index (χ3n) is 3.51. The fraction of sp³-hybridized carbons (Fsp3) is 0.353. The molecule has 0 saturated carbocycles. The Bertz CT molecular complexity index is 847. The number of aromatic nitrogens is 4. The Morgan fingerprint density at radius 1 is 1.12 bits per heavy atom. The number of hydrogen-bond donors (Lipinski definition) is 0. The minimum Gasteiger partial charge on any atom is -0.254 e. The second-order valence-corrected chi connectivity index (χ2v) is 6.10. The molecular weight excluding hydrogens is 317 g/mol. The van der Waals surface area contributed by atoms with E-state index in [1.54, 1.807) is 24.4 Å². The zero-order valence-corrected chi connectivity index (χ0v) is 13.4. The molecule has 0 N–H and O–H groups in total. The molecule has 2 aromatic heterocycles. The van der Waals surface area contributed by atoms with Gasteiger partial charge in [-0.1, -0.05) is 32.0 Å². The van der Waals surface area contributed by atoms with Crippen LogP contribution in [0.15, 0.2) is 36.5 Å². The smallest absolute Gasteiger partial charge is 0.254 e. The number of benzene rings is 1. The highest BCUT2D eigenvalue weighted by Gasteiger charge is 2.31. The van der Waals surface area contributed by atoms with E-state index in [-0.39, 0.29) is 11.7 Å². The summed E-state index contributed by atoms with van der Waals surface area (Å²) in [4.78, 5) is 8.42. The molecule has 0 fully saturated rings. The quantitative estimate of drug-likeness (QED) is 0.721. The van der Waals surface area contributed by atoms with E-state index in [1.165, 1.54) is 4.68 Å². The van der Waals surface area contributed by atoms with Gasteiger partial charge in [-0.25, -0.2) is 9.67 Å². The van der Waals surface area contributed by atoms with Gasteiger partial charge in [0.2, 0.25) is 0 Å². The molecule has 0 aliphatic heterocycles. The van der Waals surface area contributed by atoms with E-state index in [1.807, 2.05) is 26.0 Å². The van der Waals surface area contributed by atoms with E-state index >= 15 is 0 Å². The van der Waals surface area contributed by atoms with Crippen LogP contribution in [0.4, 0.5) is 13.2 Å². The van der Waals surface area contributed by atoms with Gasteiger partial charge in [-0.05, 0) is 18.1 Å². The summed E-state index contributed by atoms with van der Waals surface area (Å²) in [7, 11) is 0. The van der Waals surface area contributed by atoms with Crippen molar-refractivity contribution >= 4 is 10.9 Å². The average Bonchev–Trinajstić information content (AvgIpc) is 2.86. The lowest BCUT2D eigenvalue weighted by Crippen LogP contribution is -2.16. The summed E-state index contributed by atoms with van der Waals surface area (Å²) in [5.74, 6) is 0.554. The van der Waals surface area contributed by atoms with Crippen LogP contribution < -0.4 is 0 Å². The second-order valence-electron chi connectivity index (χ2n) is 6.10. The maximum absolute atomic E-state index is 12.9. The molecule has 0 unspecified atom stereocenters. The number of fused-ring (bicyclic) bond motifs is 1. The molecule has 0 aliphatic carbocycles. The van der Waals surface area contributed by atoms with Crippen molar-refractivity contribution in [3.63, 3.8) is 0 Å². The lowest BCUT2D eigenvalue weighted by Gasteiger charge is -2.10. The van der Waals surface area contributed by atoms with E-state index in [0.29, 0.717) is 23.4 Å². The number of rotatable bonds is 4. The van der Waals surface area contributed by atoms with Crippen LogP contribution in [-0.4, -0.2) is 25.9 Å². The molecule has 126 valence electrons. The highest BCUT2D eigenvalue weighted by atomic mass is 19.4. The lowest BCUT2D eigenvalue weighted by molar-refractivity contribution is -0.128. The summed E-state index contributed by atoms with van der Waals surface area (Å²) < 4.78 is 40.1. The van der Waals surface area contributed by atoms with Gasteiger partial charge in [0.15, 0.2) is 5.82 Å². The Hall–Kier alpha value is -2.44. The van der Waals surface area contributed by atoms with Crippen LogP contribution in [-0.2, 0) is 12.8 Å².